The molecule has 2 N–H and O–H groups in total. The summed E-state index contributed by atoms with van der Waals surface area (Å²) in [5.41, 5.74) is 5.55. The molecule has 2 aliphatic heterocycles. The Bertz CT molecular complexity index is 272. The standard InChI is InChI=1S/C11H20N2O2/c1-11(2,3)15-10(14)13-7-4-5-9(13)8(12)6-7/h7-9H,4-6,12H2,1-3H3/t7-,8+,9-/m0/s1. The molecular weight excluding hydrogens is 192 g/mol. The molecule has 0 aromatic heterocycles. The maximum absolute atomic E-state index is 11.9. The van der Waals surface area contributed by atoms with Crippen molar-refractivity contribution in [3.63, 3.8) is 0 Å². The van der Waals surface area contributed by atoms with Crippen LogP contribution in [-0.2, 0) is 4.74 Å². The van der Waals surface area contributed by atoms with E-state index in [0.29, 0.717) is 6.04 Å². The van der Waals surface area contributed by atoms with Gasteiger partial charge in [0.2, 0.25) is 0 Å². The van der Waals surface area contributed by atoms with Crippen molar-refractivity contribution in [3.05, 3.63) is 0 Å². The number of ether oxygens (including phenoxy) is 1. The minimum absolute atomic E-state index is 0.149. The zero-order valence-electron chi connectivity index (χ0n) is 9.69. The SMILES string of the molecule is CC(C)(C)OC(=O)N1[C@H]2CC[C@H]1[C@H](N)C2. The number of hydrogen-bond acceptors (Lipinski definition) is 3. The number of fused-ring (bicyclic) bond motifs is 2. The van der Waals surface area contributed by atoms with Gasteiger partial charge in [0.05, 0.1) is 6.04 Å². The fourth-order valence-corrected chi connectivity index (χ4v) is 2.63. The lowest BCUT2D eigenvalue weighted by Crippen LogP contribution is -2.43. The van der Waals surface area contributed by atoms with Crippen molar-refractivity contribution in [1.29, 1.82) is 0 Å². The Morgan fingerprint density at radius 3 is 2.47 bits per heavy atom. The summed E-state index contributed by atoms with van der Waals surface area (Å²) in [6.07, 6.45) is 2.86. The summed E-state index contributed by atoms with van der Waals surface area (Å²) in [6.45, 7) is 5.68. The fourth-order valence-electron chi connectivity index (χ4n) is 2.63. The molecule has 0 saturated carbocycles. The van der Waals surface area contributed by atoms with E-state index in [0.717, 1.165) is 19.3 Å². The average molecular weight is 212 g/mol. The van der Waals surface area contributed by atoms with Crippen molar-refractivity contribution in [1.82, 2.24) is 4.90 Å². The summed E-state index contributed by atoms with van der Waals surface area (Å²) in [5.74, 6) is 0. The maximum atomic E-state index is 11.9. The van der Waals surface area contributed by atoms with Crippen LogP contribution in [0.5, 0.6) is 0 Å². The first-order chi connectivity index (χ1) is 6.88. The van der Waals surface area contributed by atoms with Gasteiger partial charge in [-0.15, -0.1) is 0 Å². The smallest absolute Gasteiger partial charge is 0.410 e. The fraction of sp³-hybridized carbons (Fsp3) is 0.909. The minimum atomic E-state index is -0.413. The number of carbonyl (C=O) groups excluding carboxylic acids is 1. The molecule has 3 atom stereocenters. The van der Waals surface area contributed by atoms with E-state index in [4.69, 9.17) is 10.5 Å². The predicted octanol–water partition coefficient (Wildman–Crippen LogP) is 1.49. The van der Waals surface area contributed by atoms with Crippen molar-refractivity contribution in [2.45, 2.75) is 63.8 Å². The van der Waals surface area contributed by atoms with Crippen LogP contribution in [-0.4, -0.2) is 34.7 Å². The zero-order chi connectivity index (χ0) is 11.2. The van der Waals surface area contributed by atoms with E-state index in [2.05, 4.69) is 0 Å². The molecule has 2 fully saturated rings. The third kappa shape index (κ3) is 1.95. The Labute approximate surface area is 90.8 Å². The lowest BCUT2D eigenvalue weighted by atomic mass is 9.97. The Morgan fingerprint density at radius 2 is 2.07 bits per heavy atom. The number of rotatable bonds is 0. The van der Waals surface area contributed by atoms with Crippen LogP contribution in [0, 0.1) is 0 Å². The van der Waals surface area contributed by atoms with Gasteiger partial charge in [-0.05, 0) is 40.0 Å². The Hall–Kier alpha value is -0.770. The Morgan fingerprint density at radius 1 is 1.40 bits per heavy atom. The normalized spacial score (nSPS) is 34.7. The van der Waals surface area contributed by atoms with Crippen molar-refractivity contribution in [2.24, 2.45) is 5.73 Å². The minimum Gasteiger partial charge on any atom is -0.444 e. The highest BCUT2D eigenvalue weighted by Crippen LogP contribution is 2.37. The quantitative estimate of drug-likeness (QED) is 0.661. The number of hydrogen-bond donors (Lipinski definition) is 1. The van der Waals surface area contributed by atoms with Gasteiger partial charge in [-0.1, -0.05) is 0 Å². The van der Waals surface area contributed by atoms with E-state index in [-0.39, 0.29) is 18.2 Å². The van der Waals surface area contributed by atoms with E-state index in [1.165, 1.54) is 0 Å². The van der Waals surface area contributed by atoms with Crippen LogP contribution in [0.2, 0.25) is 0 Å². The first-order valence-electron chi connectivity index (χ1n) is 5.65. The van der Waals surface area contributed by atoms with Crippen LogP contribution in [0.4, 0.5) is 4.79 Å². The molecule has 15 heavy (non-hydrogen) atoms. The lowest BCUT2D eigenvalue weighted by molar-refractivity contribution is 0.0213. The lowest BCUT2D eigenvalue weighted by Gasteiger charge is -2.27. The van der Waals surface area contributed by atoms with Crippen molar-refractivity contribution >= 4 is 6.09 Å². The van der Waals surface area contributed by atoms with Crippen LogP contribution < -0.4 is 5.73 Å². The van der Waals surface area contributed by atoms with Crippen LogP contribution in [0.15, 0.2) is 0 Å². The molecule has 4 nitrogen and oxygen atoms in total. The zero-order valence-corrected chi connectivity index (χ0v) is 9.69. The third-order valence-electron chi connectivity index (χ3n) is 3.19. The average Bonchev–Trinajstić information content (AvgIpc) is 2.55. The largest absolute Gasteiger partial charge is 0.444 e. The van der Waals surface area contributed by atoms with Gasteiger partial charge < -0.3 is 15.4 Å². The van der Waals surface area contributed by atoms with Crippen molar-refractivity contribution in [3.8, 4) is 0 Å². The van der Waals surface area contributed by atoms with Crippen molar-refractivity contribution in [2.75, 3.05) is 0 Å². The summed E-state index contributed by atoms with van der Waals surface area (Å²) in [7, 11) is 0. The first kappa shape index (κ1) is 10.7. The Kier molecular flexibility index (Phi) is 2.41. The molecule has 0 aliphatic carbocycles. The van der Waals surface area contributed by atoms with Crippen LogP contribution in [0.3, 0.4) is 0 Å². The molecular formula is C11H20N2O2. The van der Waals surface area contributed by atoms with Gasteiger partial charge >= 0.3 is 6.09 Å². The second kappa shape index (κ2) is 3.37. The second-order valence-electron chi connectivity index (χ2n) is 5.59. The summed E-state index contributed by atoms with van der Waals surface area (Å²) in [4.78, 5) is 13.8. The van der Waals surface area contributed by atoms with Gasteiger partial charge in [0.15, 0.2) is 0 Å². The number of amides is 1. The molecule has 4 heteroatoms. The second-order valence-corrected chi connectivity index (χ2v) is 5.59. The summed E-state index contributed by atoms with van der Waals surface area (Å²) in [6, 6.07) is 0.681. The molecule has 1 amide bonds. The first-order valence-corrected chi connectivity index (χ1v) is 5.65. The molecule has 0 aromatic carbocycles. The highest BCUT2D eigenvalue weighted by atomic mass is 16.6. The topological polar surface area (TPSA) is 55.6 Å². The summed E-state index contributed by atoms with van der Waals surface area (Å²) in [5, 5.41) is 0. The van der Waals surface area contributed by atoms with Crippen LogP contribution in [0.25, 0.3) is 0 Å². The molecule has 2 saturated heterocycles. The molecule has 2 bridgehead atoms. The number of nitrogens with zero attached hydrogens (tertiary/aromatic N) is 1. The number of nitrogens with two attached hydrogens (primary N) is 1. The molecule has 2 rings (SSSR count). The predicted molar refractivity (Wildman–Crippen MR) is 57.5 cm³/mol. The highest BCUT2D eigenvalue weighted by Gasteiger charge is 2.48. The van der Waals surface area contributed by atoms with Gasteiger partial charge in [0.25, 0.3) is 0 Å². The van der Waals surface area contributed by atoms with Crippen molar-refractivity contribution < 1.29 is 9.53 Å². The van der Waals surface area contributed by atoms with Gasteiger partial charge in [0, 0.05) is 12.1 Å². The van der Waals surface area contributed by atoms with E-state index in [1.807, 2.05) is 25.7 Å². The van der Waals surface area contributed by atoms with Crippen LogP contribution >= 0.6 is 0 Å². The van der Waals surface area contributed by atoms with Gasteiger partial charge in [-0.2, -0.15) is 0 Å². The summed E-state index contributed by atoms with van der Waals surface area (Å²) >= 11 is 0. The van der Waals surface area contributed by atoms with Gasteiger partial charge in [-0.3, -0.25) is 0 Å². The molecule has 86 valence electrons. The maximum Gasteiger partial charge on any atom is 0.410 e. The van der Waals surface area contributed by atoms with E-state index in [9.17, 15) is 4.79 Å². The highest BCUT2D eigenvalue weighted by molar-refractivity contribution is 5.70. The molecule has 2 aliphatic rings. The number of carbonyl (C=O) groups is 1. The molecule has 2 heterocycles. The third-order valence-corrected chi connectivity index (χ3v) is 3.19. The van der Waals surface area contributed by atoms with Crippen LogP contribution in [0.1, 0.15) is 40.0 Å². The molecule has 0 radical (unpaired) electrons. The van der Waals surface area contributed by atoms with E-state index in [1.54, 1.807) is 0 Å². The van der Waals surface area contributed by atoms with Gasteiger partial charge in [-0.25, -0.2) is 4.79 Å². The molecule has 0 spiro atoms. The molecule has 0 unspecified atom stereocenters. The monoisotopic (exact) mass is 212 g/mol. The van der Waals surface area contributed by atoms with E-state index >= 15 is 0 Å². The van der Waals surface area contributed by atoms with Gasteiger partial charge in [0.1, 0.15) is 5.60 Å². The van der Waals surface area contributed by atoms with E-state index < -0.39 is 5.60 Å². The Balaban J connectivity index is 2.03. The molecule has 0 aromatic rings. The summed E-state index contributed by atoms with van der Waals surface area (Å²) < 4.78 is 5.38.